The number of unbranched alkanes of at least 4 members (excludes halogenated alkanes) is 1. The number of fused-ring (bicyclic) bond motifs is 1. The van der Waals surface area contributed by atoms with Crippen molar-refractivity contribution in [2.24, 2.45) is 0 Å². The molecule has 1 saturated heterocycles. The van der Waals surface area contributed by atoms with Gasteiger partial charge in [-0.3, -0.25) is 23.7 Å². The van der Waals surface area contributed by atoms with Crippen LogP contribution in [-0.4, -0.2) is 42.1 Å². The second kappa shape index (κ2) is 12.6. The first kappa shape index (κ1) is 28.1. The third-order valence-corrected chi connectivity index (χ3v) is 6.93. The number of nitrogens with zero attached hydrogens (tertiary/aromatic N) is 3. The first-order valence-corrected chi connectivity index (χ1v) is 13.1. The van der Waals surface area contributed by atoms with Gasteiger partial charge in [0.05, 0.1) is 10.5 Å². The summed E-state index contributed by atoms with van der Waals surface area (Å²) in [7, 11) is 0. The van der Waals surface area contributed by atoms with Crippen LogP contribution in [0.4, 0.5) is 5.82 Å². The van der Waals surface area contributed by atoms with Crippen LogP contribution in [0, 0.1) is 13.8 Å². The van der Waals surface area contributed by atoms with E-state index in [4.69, 9.17) is 27.1 Å². The van der Waals surface area contributed by atoms with Crippen LogP contribution >= 0.6 is 24.0 Å². The molecule has 0 saturated carbocycles. The molecule has 8 nitrogen and oxygen atoms in total. The normalized spacial score (nSPS) is 14.2. The average Bonchev–Trinajstić information content (AvgIpc) is 3.11. The minimum Gasteiger partial charge on any atom is -0.481 e. The highest BCUT2D eigenvalue weighted by atomic mass is 32.2. The molecule has 1 aromatic carbocycles. The van der Waals surface area contributed by atoms with Gasteiger partial charge in [-0.1, -0.05) is 73.2 Å². The molecule has 0 unspecified atom stereocenters. The lowest BCUT2D eigenvalue weighted by Gasteiger charge is -2.13. The van der Waals surface area contributed by atoms with Crippen LogP contribution in [-0.2, 0) is 16.1 Å². The standard InChI is InChI=1S/C25H26N4O2S2.C2H4O2/c1-4-5-12-29-24(31)20(33-25(29)32)14-19-21(26-15-18-10-8-16(2)9-11-18)27-22-17(3)7-6-13-28(22)23(19)30;1-2(3)4/h6-11,13-14,26H,4-5,12,15H2,1-3H3;1H3,(H,3,4)/b20-14-;. The van der Waals surface area contributed by atoms with Gasteiger partial charge >= 0.3 is 0 Å². The molecular weight excluding hydrogens is 508 g/mol. The van der Waals surface area contributed by atoms with Crippen LogP contribution in [0.25, 0.3) is 11.7 Å². The Morgan fingerprint density at radius 3 is 2.51 bits per heavy atom. The number of amides is 1. The molecule has 4 rings (SSSR count). The molecule has 0 spiro atoms. The number of aryl methyl sites for hydroxylation is 2. The Morgan fingerprint density at radius 2 is 1.86 bits per heavy atom. The number of benzene rings is 1. The van der Waals surface area contributed by atoms with Crippen molar-refractivity contribution in [3.63, 3.8) is 0 Å². The summed E-state index contributed by atoms with van der Waals surface area (Å²) < 4.78 is 2.05. The van der Waals surface area contributed by atoms with Crippen molar-refractivity contribution >= 4 is 57.7 Å². The number of aliphatic carboxylic acids is 1. The molecule has 194 valence electrons. The van der Waals surface area contributed by atoms with Crippen molar-refractivity contribution in [1.82, 2.24) is 14.3 Å². The first-order valence-electron chi connectivity index (χ1n) is 11.9. The van der Waals surface area contributed by atoms with Crippen LogP contribution in [0.15, 0.2) is 52.3 Å². The Kier molecular flexibility index (Phi) is 9.60. The largest absolute Gasteiger partial charge is 0.481 e. The lowest BCUT2D eigenvalue weighted by Crippen LogP contribution is -2.29. The fourth-order valence-electron chi connectivity index (χ4n) is 3.61. The number of pyridine rings is 1. The van der Waals surface area contributed by atoms with Gasteiger partial charge in [-0.15, -0.1) is 0 Å². The molecule has 0 radical (unpaired) electrons. The summed E-state index contributed by atoms with van der Waals surface area (Å²) in [5.41, 5.74) is 3.86. The molecule has 1 amide bonds. The number of nitrogens with one attached hydrogen (secondary N) is 1. The zero-order valence-corrected chi connectivity index (χ0v) is 22.9. The summed E-state index contributed by atoms with van der Waals surface area (Å²) in [5.74, 6) is -0.537. The number of carboxylic acids is 1. The Labute approximate surface area is 225 Å². The molecule has 1 aliphatic heterocycles. The van der Waals surface area contributed by atoms with Crippen LogP contribution in [0.5, 0.6) is 0 Å². The van der Waals surface area contributed by atoms with Gasteiger partial charge in [0.25, 0.3) is 17.4 Å². The number of thiocarbonyl (C=S) groups is 1. The topological polar surface area (TPSA) is 104 Å². The molecule has 1 aliphatic rings. The minimum absolute atomic E-state index is 0.156. The van der Waals surface area contributed by atoms with E-state index in [-0.39, 0.29) is 11.5 Å². The SMILES string of the molecule is CC(=O)O.CCCCN1C(=O)/C(=C/c2c(NCc3ccc(C)cc3)nc3c(C)cccn3c2=O)SC1=S. The molecule has 3 aromatic rings. The van der Waals surface area contributed by atoms with Gasteiger partial charge in [0, 0.05) is 26.2 Å². The third kappa shape index (κ3) is 7.05. The van der Waals surface area contributed by atoms with Crippen molar-refractivity contribution in [2.75, 3.05) is 11.9 Å². The van der Waals surface area contributed by atoms with Crippen molar-refractivity contribution < 1.29 is 14.7 Å². The molecule has 0 atom stereocenters. The van der Waals surface area contributed by atoms with Crippen LogP contribution in [0.1, 0.15) is 48.9 Å². The van der Waals surface area contributed by atoms with Crippen molar-refractivity contribution in [3.8, 4) is 0 Å². The van der Waals surface area contributed by atoms with E-state index in [1.807, 2.05) is 50.2 Å². The minimum atomic E-state index is -0.833. The Morgan fingerprint density at radius 1 is 1.19 bits per heavy atom. The van der Waals surface area contributed by atoms with E-state index < -0.39 is 5.97 Å². The summed E-state index contributed by atoms with van der Waals surface area (Å²) in [5, 5.41) is 10.7. The summed E-state index contributed by atoms with van der Waals surface area (Å²) in [6.45, 7) is 8.21. The van der Waals surface area contributed by atoms with E-state index in [1.165, 1.54) is 21.7 Å². The molecule has 3 heterocycles. The van der Waals surface area contributed by atoms with E-state index in [1.54, 1.807) is 17.2 Å². The number of hydrogen-bond donors (Lipinski definition) is 2. The van der Waals surface area contributed by atoms with Gasteiger partial charge in [0.15, 0.2) is 0 Å². The van der Waals surface area contributed by atoms with Crippen molar-refractivity contribution in [3.05, 3.63) is 80.1 Å². The number of hydrogen-bond acceptors (Lipinski definition) is 7. The van der Waals surface area contributed by atoms with Gasteiger partial charge in [0.2, 0.25) is 0 Å². The zero-order chi connectivity index (χ0) is 27.1. The molecule has 2 aromatic heterocycles. The lowest BCUT2D eigenvalue weighted by atomic mass is 10.1. The van der Waals surface area contributed by atoms with Gasteiger partial charge in [-0.2, -0.15) is 0 Å². The van der Waals surface area contributed by atoms with E-state index in [0.717, 1.165) is 30.9 Å². The van der Waals surface area contributed by atoms with E-state index in [2.05, 4.69) is 12.2 Å². The van der Waals surface area contributed by atoms with Gasteiger partial charge in [-0.05, 0) is 43.5 Å². The fourth-order valence-corrected chi connectivity index (χ4v) is 4.90. The summed E-state index contributed by atoms with van der Waals surface area (Å²) in [6, 6.07) is 11.9. The fraction of sp³-hybridized carbons (Fsp3) is 0.296. The van der Waals surface area contributed by atoms with Crippen molar-refractivity contribution in [2.45, 2.75) is 47.1 Å². The number of aromatic nitrogens is 2. The third-order valence-electron chi connectivity index (χ3n) is 5.55. The number of carbonyl (C=O) groups excluding carboxylic acids is 1. The van der Waals surface area contributed by atoms with Crippen LogP contribution in [0.3, 0.4) is 0 Å². The molecular formula is C27H30N4O4S2. The van der Waals surface area contributed by atoms with E-state index >= 15 is 0 Å². The zero-order valence-electron chi connectivity index (χ0n) is 21.3. The number of carboxylic acid groups (broad SMARTS) is 1. The maximum atomic E-state index is 13.5. The molecule has 10 heteroatoms. The summed E-state index contributed by atoms with van der Waals surface area (Å²) in [4.78, 5) is 42.3. The number of anilines is 1. The first-order chi connectivity index (χ1) is 17.6. The molecule has 0 bridgehead atoms. The second-order valence-electron chi connectivity index (χ2n) is 8.61. The highest BCUT2D eigenvalue weighted by Crippen LogP contribution is 2.33. The lowest BCUT2D eigenvalue weighted by molar-refractivity contribution is -0.134. The summed E-state index contributed by atoms with van der Waals surface area (Å²) in [6.07, 6.45) is 5.18. The maximum Gasteiger partial charge on any atom is 0.300 e. The number of thioether (sulfide) groups is 1. The quantitative estimate of drug-likeness (QED) is 0.319. The van der Waals surface area contributed by atoms with Crippen LogP contribution in [0.2, 0.25) is 0 Å². The number of carbonyl (C=O) groups is 2. The second-order valence-corrected chi connectivity index (χ2v) is 10.3. The molecule has 37 heavy (non-hydrogen) atoms. The maximum absolute atomic E-state index is 13.5. The highest BCUT2D eigenvalue weighted by molar-refractivity contribution is 8.26. The van der Waals surface area contributed by atoms with Gasteiger partial charge in [-0.25, -0.2) is 4.98 Å². The predicted octanol–water partition coefficient (Wildman–Crippen LogP) is 5.02. The summed E-state index contributed by atoms with van der Waals surface area (Å²) >= 11 is 6.66. The monoisotopic (exact) mass is 538 g/mol. The molecule has 2 N–H and O–H groups in total. The average molecular weight is 539 g/mol. The number of rotatable bonds is 7. The van der Waals surface area contributed by atoms with Crippen LogP contribution < -0.4 is 10.9 Å². The van der Waals surface area contributed by atoms with Crippen molar-refractivity contribution in [1.29, 1.82) is 0 Å². The van der Waals surface area contributed by atoms with Gasteiger partial charge in [0.1, 0.15) is 15.8 Å². The van der Waals surface area contributed by atoms with Gasteiger partial charge < -0.3 is 10.4 Å². The Bertz CT molecular complexity index is 1410. The Balaban J connectivity index is 0.000000886. The molecule has 1 fully saturated rings. The predicted molar refractivity (Wildman–Crippen MR) is 153 cm³/mol. The van der Waals surface area contributed by atoms with E-state index in [9.17, 15) is 9.59 Å². The smallest absolute Gasteiger partial charge is 0.300 e. The van der Waals surface area contributed by atoms with E-state index in [0.29, 0.717) is 39.3 Å². The highest BCUT2D eigenvalue weighted by Gasteiger charge is 2.32. The Hall–Kier alpha value is -3.50. The molecule has 0 aliphatic carbocycles.